The Labute approximate surface area is 72.8 Å². The molecule has 4 nitrogen and oxygen atoms in total. The van der Waals surface area contributed by atoms with Gasteiger partial charge in [0.2, 0.25) is 5.91 Å². The predicted molar refractivity (Wildman–Crippen MR) is 45.6 cm³/mol. The predicted octanol–water partition coefficient (Wildman–Crippen LogP) is -0.794. The smallest absolute Gasteiger partial charge is 0.239 e. The monoisotopic (exact) mass is 182 g/mol. The van der Waals surface area contributed by atoms with Crippen molar-refractivity contribution < 1.29 is 9.90 Å². The number of halogens is 1. The molecule has 0 aromatic carbocycles. The SMILES string of the molecule is CC(N)C(=O)N(C)CCO.Cl. The second-order valence-corrected chi connectivity index (χ2v) is 2.27. The highest BCUT2D eigenvalue weighted by Crippen LogP contribution is 1.86. The summed E-state index contributed by atoms with van der Waals surface area (Å²) in [5, 5.41) is 8.43. The average Bonchev–Trinajstić information content (AvgIpc) is 1.87. The zero-order chi connectivity index (χ0) is 8.15. The van der Waals surface area contributed by atoms with Crippen LogP contribution in [-0.4, -0.2) is 42.2 Å². The highest BCUT2D eigenvalue weighted by atomic mass is 35.5. The molecule has 0 radical (unpaired) electrons. The van der Waals surface area contributed by atoms with Gasteiger partial charge in [-0.1, -0.05) is 0 Å². The van der Waals surface area contributed by atoms with Crippen molar-refractivity contribution in [2.75, 3.05) is 20.2 Å². The van der Waals surface area contributed by atoms with Crippen LogP contribution in [0.2, 0.25) is 0 Å². The molecule has 0 aromatic heterocycles. The van der Waals surface area contributed by atoms with E-state index in [9.17, 15) is 4.79 Å². The lowest BCUT2D eigenvalue weighted by atomic mass is 10.3. The summed E-state index contributed by atoms with van der Waals surface area (Å²) >= 11 is 0. The minimum absolute atomic E-state index is 0. The molecule has 0 bridgehead atoms. The van der Waals surface area contributed by atoms with E-state index in [0.29, 0.717) is 6.54 Å². The third-order valence-electron chi connectivity index (χ3n) is 1.20. The number of hydrogen-bond donors (Lipinski definition) is 2. The van der Waals surface area contributed by atoms with Crippen molar-refractivity contribution in [3.8, 4) is 0 Å². The van der Waals surface area contributed by atoms with E-state index < -0.39 is 6.04 Å². The molecule has 0 saturated heterocycles. The molecule has 0 aliphatic carbocycles. The van der Waals surface area contributed by atoms with E-state index in [1.165, 1.54) is 4.90 Å². The number of nitrogens with zero attached hydrogens (tertiary/aromatic N) is 1. The Morgan fingerprint density at radius 2 is 2.18 bits per heavy atom. The van der Waals surface area contributed by atoms with Crippen LogP contribution in [0.25, 0.3) is 0 Å². The van der Waals surface area contributed by atoms with E-state index in [2.05, 4.69) is 0 Å². The van der Waals surface area contributed by atoms with Gasteiger partial charge in [0, 0.05) is 13.6 Å². The number of carbonyl (C=O) groups excluding carboxylic acids is 1. The Balaban J connectivity index is 0. The van der Waals surface area contributed by atoms with Gasteiger partial charge in [-0.3, -0.25) is 4.79 Å². The standard InChI is InChI=1S/C6H14N2O2.ClH/c1-5(7)6(10)8(2)3-4-9;/h5,9H,3-4,7H2,1-2H3;1H. The van der Waals surface area contributed by atoms with Gasteiger partial charge in [-0.25, -0.2) is 0 Å². The summed E-state index contributed by atoms with van der Waals surface area (Å²) in [4.78, 5) is 12.3. The Morgan fingerprint density at radius 3 is 2.45 bits per heavy atom. The molecule has 3 N–H and O–H groups in total. The van der Waals surface area contributed by atoms with Crippen molar-refractivity contribution in [2.24, 2.45) is 5.73 Å². The number of aliphatic hydroxyl groups excluding tert-OH is 1. The molecule has 5 heteroatoms. The van der Waals surface area contributed by atoms with Gasteiger partial charge < -0.3 is 15.7 Å². The lowest BCUT2D eigenvalue weighted by Crippen LogP contribution is -2.40. The highest BCUT2D eigenvalue weighted by molar-refractivity contribution is 5.85. The van der Waals surface area contributed by atoms with Crippen molar-refractivity contribution in [3.05, 3.63) is 0 Å². The lowest BCUT2D eigenvalue weighted by molar-refractivity contribution is -0.131. The van der Waals surface area contributed by atoms with Gasteiger partial charge in [0.15, 0.2) is 0 Å². The molecular formula is C6H15ClN2O2. The van der Waals surface area contributed by atoms with Gasteiger partial charge in [-0.2, -0.15) is 0 Å². The average molecular weight is 183 g/mol. The molecule has 0 saturated carbocycles. The largest absolute Gasteiger partial charge is 0.395 e. The third kappa shape index (κ3) is 5.01. The summed E-state index contributed by atoms with van der Waals surface area (Å²) in [5.41, 5.74) is 5.29. The molecule has 11 heavy (non-hydrogen) atoms. The number of aliphatic hydroxyl groups is 1. The van der Waals surface area contributed by atoms with Gasteiger partial charge >= 0.3 is 0 Å². The van der Waals surface area contributed by atoms with Crippen LogP contribution in [-0.2, 0) is 4.79 Å². The number of rotatable bonds is 3. The van der Waals surface area contributed by atoms with Gasteiger partial charge in [0.25, 0.3) is 0 Å². The molecule has 0 fully saturated rings. The van der Waals surface area contributed by atoms with Crippen molar-refractivity contribution in [1.29, 1.82) is 0 Å². The van der Waals surface area contributed by atoms with Crippen molar-refractivity contribution >= 4 is 18.3 Å². The Hall–Kier alpha value is -0.320. The van der Waals surface area contributed by atoms with Crippen LogP contribution < -0.4 is 5.73 Å². The van der Waals surface area contributed by atoms with E-state index in [-0.39, 0.29) is 24.9 Å². The van der Waals surface area contributed by atoms with Crippen LogP contribution in [0.3, 0.4) is 0 Å². The molecule has 1 unspecified atom stereocenters. The zero-order valence-corrected chi connectivity index (χ0v) is 7.60. The first-order chi connectivity index (χ1) is 4.59. The second-order valence-electron chi connectivity index (χ2n) is 2.27. The molecule has 0 aliphatic rings. The highest BCUT2D eigenvalue weighted by Gasteiger charge is 2.11. The minimum Gasteiger partial charge on any atom is -0.395 e. The number of likely N-dealkylation sites (N-methyl/N-ethyl adjacent to an activating group) is 1. The number of hydrogen-bond acceptors (Lipinski definition) is 3. The number of nitrogens with two attached hydrogens (primary N) is 1. The van der Waals surface area contributed by atoms with Crippen LogP contribution >= 0.6 is 12.4 Å². The minimum atomic E-state index is -0.475. The fraction of sp³-hybridized carbons (Fsp3) is 0.833. The zero-order valence-electron chi connectivity index (χ0n) is 6.78. The molecule has 0 spiro atoms. The summed E-state index contributed by atoms with van der Waals surface area (Å²) in [6, 6.07) is -0.475. The van der Waals surface area contributed by atoms with Crippen molar-refractivity contribution in [1.82, 2.24) is 4.90 Å². The van der Waals surface area contributed by atoms with E-state index in [0.717, 1.165) is 0 Å². The first-order valence-corrected chi connectivity index (χ1v) is 3.21. The molecule has 1 amide bonds. The van der Waals surface area contributed by atoms with Crippen LogP contribution in [0, 0.1) is 0 Å². The summed E-state index contributed by atoms with van der Waals surface area (Å²) in [7, 11) is 1.61. The molecule has 68 valence electrons. The molecule has 0 aromatic rings. The Kier molecular flexibility index (Phi) is 7.72. The van der Waals surface area contributed by atoms with Gasteiger partial charge in [-0.15, -0.1) is 12.4 Å². The van der Waals surface area contributed by atoms with Crippen LogP contribution in [0.1, 0.15) is 6.92 Å². The Bertz CT molecular complexity index is 119. The maximum atomic E-state index is 10.9. The van der Waals surface area contributed by atoms with Crippen molar-refractivity contribution in [3.63, 3.8) is 0 Å². The van der Waals surface area contributed by atoms with Crippen LogP contribution in [0.5, 0.6) is 0 Å². The number of amides is 1. The van der Waals surface area contributed by atoms with Gasteiger partial charge in [0.05, 0.1) is 12.6 Å². The van der Waals surface area contributed by atoms with E-state index in [1.54, 1.807) is 14.0 Å². The first-order valence-electron chi connectivity index (χ1n) is 3.21. The third-order valence-corrected chi connectivity index (χ3v) is 1.20. The summed E-state index contributed by atoms with van der Waals surface area (Å²) in [6.45, 7) is 1.95. The fourth-order valence-corrected chi connectivity index (χ4v) is 0.608. The lowest BCUT2D eigenvalue weighted by Gasteiger charge is -2.17. The second kappa shape index (κ2) is 6.39. The topological polar surface area (TPSA) is 66.6 Å². The fourth-order valence-electron chi connectivity index (χ4n) is 0.608. The maximum absolute atomic E-state index is 10.9. The molecular weight excluding hydrogens is 168 g/mol. The molecule has 0 heterocycles. The normalized spacial score (nSPS) is 11.6. The summed E-state index contributed by atoms with van der Waals surface area (Å²) < 4.78 is 0. The van der Waals surface area contributed by atoms with Gasteiger partial charge in [0.1, 0.15) is 0 Å². The first kappa shape index (κ1) is 13.3. The molecule has 0 rings (SSSR count). The molecule has 1 atom stereocenters. The van der Waals surface area contributed by atoms with E-state index in [4.69, 9.17) is 10.8 Å². The van der Waals surface area contributed by atoms with Crippen LogP contribution in [0.4, 0.5) is 0 Å². The Morgan fingerprint density at radius 1 is 1.73 bits per heavy atom. The van der Waals surface area contributed by atoms with E-state index in [1.807, 2.05) is 0 Å². The van der Waals surface area contributed by atoms with E-state index >= 15 is 0 Å². The maximum Gasteiger partial charge on any atom is 0.239 e. The van der Waals surface area contributed by atoms with Crippen molar-refractivity contribution in [2.45, 2.75) is 13.0 Å². The molecule has 0 aliphatic heterocycles. The number of carbonyl (C=O) groups is 1. The quantitative estimate of drug-likeness (QED) is 0.601. The van der Waals surface area contributed by atoms with Crippen LogP contribution in [0.15, 0.2) is 0 Å². The summed E-state index contributed by atoms with van der Waals surface area (Å²) in [5.74, 6) is -0.144. The summed E-state index contributed by atoms with van der Waals surface area (Å²) in [6.07, 6.45) is 0. The van der Waals surface area contributed by atoms with Gasteiger partial charge in [-0.05, 0) is 6.92 Å².